The molecule has 4 rings (SSSR count). The van der Waals surface area contributed by atoms with Crippen LogP contribution in [0.25, 0.3) is 11.4 Å². The predicted octanol–water partition coefficient (Wildman–Crippen LogP) is 3.99. The quantitative estimate of drug-likeness (QED) is 0.550. The summed E-state index contributed by atoms with van der Waals surface area (Å²) in [6.07, 6.45) is 4.43. The van der Waals surface area contributed by atoms with E-state index in [0.29, 0.717) is 5.82 Å². The van der Waals surface area contributed by atoms with E-state index in [9.17, 15) is 4.39 Å². The zero-order chi connectivity index (χ0) is 22.3. The fourth-order valence-corrected chi connectivity index (χ4v) is 4.10. The highest BCUT2D eigenvalue weighted by molar-refractivity contribution is 5.59. The normalized spacial score (nSPS) is 13.9. The third kappa shape index (κ3) is 5.47. The van der Waals surface area contributed by atoms with E-state index in [2.05, 4.69) is 33.9 Å². The third-order valence-corrected chi connectivity index (χ3v) is 5.99. The molecule has 0 spiro atoms. The SMILES string of the molecule is CCN(CC)CCNc1nc(-c2cccnc2)nc2c1CN(Cc1ccc(F)cc1)CC2. The van der Waals surface area contributed by atoms with Gasteiger partial charge in [0, 0.05) is 62.7 Å². The lowest BCUT2D eigenvalue weighted by molar-refractivity contribution is 0.243. The van der Waals surface area contributed by atoms with E-state index in [-0.39, 0.29) is 5.82 Å². The zero-order valence-electron chi connectivity index (χ0n) is 18.9. The summed E-state index contributed by atoms with van der Waals surface area (Å²) in [4.78, 5) is 18.8. The van der Waals surface area contributed by atoms with Crippen LogP contribution in [0, 0.1) is 5.82 Å². The summed E-state index contributed by atoms with van der Waals surface area (Å²) in [6.45, 7) is 10.7. The standard InChI is InChI=1S/C25H31FN6/c1-3-31(4-2)15-13-28-25-22-18-32(17-19-7-9-21(26)10-8-19)14-11-23(22)29-24(30-25)20-6-5-12-27-16-20/h5-10,12,16H,3-4,11,13-15,17-18H2,1-2H3,(H,28,29,30). The van der Waals surface area contributed by atoms with E-state index >= 15 is 0 Å². The number of aromatic nitrogens is 3. The van der Waals surface area contributed by atoms with Crippen molar-refractivity contribution in [1.82, 2.24) is 24.8 Å². The van der Waals surface area contributed by atoms with Crippen molar-refractivity contribution in [1.29, 1.82) is 0 Å². The van der Waals surface area contributed by atoms with Crippen LogP contribution in [0.4, 0.5) is 10.2 Å². The van der Waals surface area contributed by atoms with Gasteiger partial charge in [-0.3, -0.25) is 9.88 Å². The minimum absolute atomic E-state index is 0.200. The fraction of sp³-hybridized carbons (Fsp3) is 0.400. The predicted molar refractivity (Wildman–Crippen MR) is 126 cm³/mol. The van der Waals surface area contributed by atoms with Gasteiger partial charge in [0.1, 0.15) is 11.6 Å². The van der Waals surface area contributed by atoms with E-state index in [1.165, 1.54) is 12.1 Å². The topological polar surface area (TPSA) is 57.2 Å². The molecule has 1 aromatic carbocycles. The Bertz CT molecular complexity index is 1000. The Balaban J connectivity index is 1.57. The number of rotatable bonds is 9. The van der Waals surface area contributed by atoms with Crippen molar-refractivity contribution in [3.63, 3.8) is 0 Å². The molecule has 6 nitrogen and oxygen atoms in total. The highest BCUT2D eigenvalue weighted by Crippen LogP contribution is 2.28. The minimum atomic E-state index is -0.200. The zero-order valence-corrected chi connectivity index (χ0v) is 18.9. The molecular formula is C25H31FN6. The van der Waals surface area contributed by atoms with Gasteiger partial charge in [0.2, 0.25) is 0 Å². The lowest BCUT2D eigenvalue weighted by atomic mass is 10.0. The number of hydrogen-bond acceptors (Lipinski definition) is 6. The minimum Gasteiger partial charge on any atom is -0.368 e. The number of anilines is 1. The first-order valence-corrected chi connectivity index (χ1v) is 11.4. The van der Waals surface area contributed by atoms with Crippen LogP contribution in [0.3, 0.4) is 0 Å². The summed E-state index contributed by atoms with van der Waals surface area (Å²) < 4.78 is 13.3. The lowest BCUT2D eigenvalue weighted by Gasteiger charge is -2.30. The van der Waals surface area contributed by atoms with Gasteiger partial charge in [-0.05, 0) is 42.9 Å². The number of pyridine rings is 1. The second-order valence-electron chi connectivity index (χ2n) is 8.10. The maximum atomic E-state index is 13.3. The van der Waals surface area contributed by atoms with Crippen LogP contribution in [0.15, 0.2) is 48.8 Å². The maximum absolute atomic E-state index is 13.3. The molecule has 168 valence electrons. The third-order valence-electron chi connectivity index (χ3n) is 5.99. The van der Waals surface area contributed by atoms with Crippen molar-refractivity contribution in [3.05, 3.63) is 71.4 Å². The van der Waals surface area contributed by atoms with Gasteiger partial charge in [0.25, 0.3) is 0 Å². The van der Waals surface area contributed by atoms with Crippen LogP contribution in [0.1, 0.15) is 30.7 Å². The molecule has 0 atom stereocenters. The molecule has 0 fully saturated rings. The van der Waals surface area contributed by atoms with Crippen molar-refractivity contribution in [2.45, 2.75) is 33.4 Å². The average molecular weight is 435 g/mol. The van der Waals surface area contributed by atoms with Crippen LogP contribution in [0.2, 0.25) is 0 Å². The highest BCUT2D eigenvalue weighted by Gasteiger charge is 2.23. The van der Waals surface area contributed by atoms with Gasteiger partial charge in [-0.1, -0.05) is 26.0 Å². The molecule has 0 radical (unpaired) electrons. The molecule has 7 heteroatoms. The van der Waals surface area contributed by atoms with Crippen LogP contribution in [-0.2, 0) is 19.5 Å². The average Bonchev–Trinajstić information content (AvgIpc) is 2.84. The second kappa shape index (κ2) is 10.6. The molecule has 1 aliphatic heterocycles. The van der Waals surface area contributed by atoms with Crippen molar-refractivity contribution in [2.75, 3.05) is 38.0 Å². The van der Waals surface area contributed by atoms with Crippen molar-refractivity contribution >= 4 is 5.82 Å². The van der Waals surface area contributed by atoms with Crippen molar-refractivity contribution in [3.8, 4) is 11.4 Å². The fourth-order valence-electron chi connectivity index (χ4n) is 4.10. The molecule has 3 aromatic rings. The van der Waals surface area contributed by atoms with Gasteiger partial charge in [-0.15, -0.1) is 0 Å². The number of halogens is 1. The summed E-state index contributed by atoms with van der Waals surface area (Å²) in [5, 5.41) is 3.58. The Morgan fingerprint density at radius 3 is 2.62 bits per heavy atom. The molecule has 32 heavy (non-hydrogen) atoms. The van der Waals surface area contributed by atoms with E-state index in [0.717, 1.165) is 80.4 Å². The summed E-state index contributed by atoms with van der Waals surface area (Å²) in [7, 11) is 0. The number of likely N-dealkylation sites (N-methyl/N-ethyl adjacent to an activating group) is 1. The van der Waals surface area contributed by atoms with Crippen LogP contribution >= 0.6 is 0 Å². The van der Waals surface area contributed by atoms with Crippen LogP contribution in [0.5, 0.6) is 0 Å². The molecule has 0 saturated heterocycles. The maximum Gasteiger partial charge on any atom is 0.163 e. The van der Waals surface area contributed by atoms with Crippen molar-refractivity contribution < 1.29 is 4.39 Å². The van der Waals surface area contributed by atoms with Crippen LogP contribution < -0.4 is 5.32 Å². The van der Waals surface area contributed by atoms with E-state index in [1.54, 1.807) is 6.20 Å². The Hall–Kier alpha value is -2.90. The molecule has 0 aliphatic carbocycles. The molecule has 2 aromatic heterocycles. The molecule has 1 N–H and O–H groups in total. The highest BCUT2D eigenvalue weighted by atomic mass is 19.1. The molecule has 1 aliphatic rings. The first-order valence-electron chi connectivity index (χ1n) is 11.4. The monoisotopic (exact) mass is 434 g/mol. The number of benzene rings is 1. The van der Waals surface area contributed by atoms with E-state index < -0.39 is 0 Å². The summed E-state index contributed by atoms with van der Waals surface area (Å²) in [5.41, 5.74) is 4.29. The molecule has 0 saturated carbocycles. The van der Waals surface area contributed by atoms with Gasteiger partial charge >= 0.3 is 0 Å². The van der Waals surface area contributed by atoms with Gasteiger partial charge in [-0.2, -0.15) is 0 Å². The summed E-state index contributed by atoms with van der Waals surface area (Å²) >= 11 is 0. The van der Waals surface area contributed by atoms with Gasteiger partial charge < -0.3 is 10.2 Å². The number of nitrogens with one attached hydrogen (secondary N) is 1. The Morgan fingerprint density at radius 1 is 1.09 bits per heavy atom. The summed E-state index contributed by atoms with van der Waals surface area (Å²) in [6, 6.07) is 10.7. The summed E-state index contributed by atoms with van der Waals surface area (Å²) in [5.74, 6) is 1.42. The van der Waals surface area contributed by atoms with Crippen molar-refractivity contribution in [2.24, 2.45) is 0 Å². The molecule has 3 heterocycles. The molecular weight excluding hydrogens is 403 g/mol. The van der Waals surface area contributed by atoms with Gasteiger partial charge in [0.15, 0.2) is 5.82 Å². The molecule has 0 bridgehead atoms. The Kier molecular flexibility index (Phi) is 7.39. The Morgan fingerprint density at radius 2 is 1.91 bits per heavy atom. The first kappa shape index (κ1) is 22.3. The smallest absolute Gasteiger partial charge is 0.163 e. The first-order chi connectivity index (χ1) is 15.7. The largest absolute Gasteiger partial charge is 0.368 e. The van der Waals surface area contributed by atoms with Gasteiger partial charge in [-0.25, -0.2) is 14.4 Å². The van der Waals surface area contributed by atoms with E-state index in [1.807, 2.05) is 30.5 Å². The number of hydrogen-bond donors (Lipinski definition) is 1. The molecule has 0 unspecified atom stereocenters. The number of fused-ring (bicyclic) bond motifs is 1. The van der Waals surface area contributed by atoms with Gasteiger partial charge in [0.05, 0.1) is 5.69 Å². The Labute approximate surface area is 189 Å². The lowest BCUT2D eigenvalue weighted by Crippen LogP contribution is -2.33. The second-order valence-corrected chi connectivity index (χ2v) is 8.10. The molecule has 0 amide bonds. The number of nitrogens with zero attached hydrogens (tertiary/aromatic N) is 5. The van der Waals surface area contributed by atoms with Crippen LogP contribution in [-0.4, -0.2) is 57.5 Å². The van der Waals surface area contributed by atoms with E-state index in [4.69, 9.17) is 9.97 Å².